The minimum Gasteiger partial charge on any atom is -0.396 e. The summed E-state index contributed by atoms with van der Waals surface area (Å²) < 4.78 is 0. The average Bonchev–Trinajstić information content (AvgIpc) is 3.18. The van der Waals surface area contributed by atoms with E-state index < -0.39 is 5.54 Å². The summed E-state index contributed by atoms with van der Waals surface area (Å²) in [6, 6.07) is 39.0. The number of aliphatic hydroxyl groups excluding tert-OH is 1. The summed E-state index contributed by atoms with van der Waals surface area (Å²) in [5.41, 5.74) is 7.23. The first-order valence-electron chi connectivity index (χ1n) is 11.9. The number of aryl methyl sites for hydroxylation is 1. The Morgan fingerprint density at radius 3 is 1.79 bits per heavy atom. The van der Waals surface area contributed by atoms with E-state index in [0.717, 1.165) is 12.8 Å². The van der Waals surface area contributed by atoms with Crippen molar-refractivity contribution in [1.82, 2.24) is 5.32 Å². The zero-order valence-corrected chi connectivity index (χ0v) is 19.1. The number of aliphatic hydroxyl groups is 1. The minimum absolute atomic E-state index is 0.120. The zero-order chi connectivity index (χ0) is 22.7. The van der Waals surface area contributed by atoms with Crippen LogP contribution in [0.15, 0.2) is 109 Å². The summed E-state index contributed by atoms with van der Waals surface area (Å²) in [6.07, 6.45) is 1.92. The van der Waals surface area contributed by atoms with Gasteiger partial charge in [-0.05, 0) is 52.1 Å². The van der Waals surface area contributed by atoms with Crippen LogP contribution in [0.25, 0.3) is 11.1 Å². The fourth-order valence-electron chi connectivity index (χ4n) is 5.34. The van der Waals surface area contributed by atoms with Gasteiger partial charge >= 0.3 is 0 Å². The molecule has 0 aromatic heterocycles. The average molecular weight is 434 g/mol. The number of nitrogens with one attached hydrogen (secondary N) is 1. The van der Waals surface area contributed by atoms with E-state index >= 15 is 0 Å². The van der Waals surface area contributed by atoms with E-state index in [9.17, 15) is 5.11 Å². The number of hydrogen-bond donors (Lipinski definition) is 2. The van der Waals surface area contributed by atoms with Crippen molar-refractivity contribution in [2.45, 2.75) is 31.3 Å². The third-order valence-electron chi connectivity index (χ3n) is 7.12. The lowest BCUT2D eigenvalue weighted by Gasteiger charge is -2.39. The summed E-state index contributed by atoms with van der Waals surface area (Å²) in [6.45, 7) is 2.30. The SMILES string of the molecule is C[C@H](CO)[C@H](CCc1ccccc1)NC1(c2ccccc2)c2ccccc2-c2ccccc21. The molecule has 0 amide bonds. The van der Waals surface area contributed by atoms with Crippen molar-refractivity contribution in [1.29, 1.82) is 0 Å². The quantitative estimate of drug-likeness (QED) is 0.348. The molecule has 5 rings (SSSR count). The predicted molar refractivity (Wildman–Crippen MR) is 136 cm³/mol. The van der Waals surface area contributed by atoms with E-state index in [1.165, 1.54) is 33.4 Å². The van der Waals surface area contributed by atoms with Gasteiger partial charge in [-0.2, -0.15) is 0 Å². The van der Waals surface area contributed by atoms with Gasteiger partial charge in [-0.3, -0.25) is 5.32 Å². The van der Waals surface area contributed by atoms with Gasteiger partial charge in [0.2, 0.25) is 0 Å². The van der Waals surface area contributed by atoms with Crippen molar-refractivity contribution in [2.24, 2.45) is 5.92 Å². The molecule has 166 valence electrons. The van der Waals surface area contributed by atoms with Gasteiger partial charge in [0.1, 0.15) is 0 Å². The topological polar surface area (TPSA) is 32.3 Å². The second kappa shape index (κ2) is 9.35. The fourth-order valence-corrected chi connectivity index (χ4v) is 5.34. The highest BCUT2D eigenvalue weighted by molar-refractivity contribution is 5.83. The molecule has 1 aliphatic carbocycles. The van der Waals surface area contributed by atoms with E-state index in [1.807, 2.05) is 0 Å². The molecule has 2 N–H and O–H groups in total. The number of hydrogen-bond acceptors (Lipinski definition) is 2. The Morgan fingerprint density at radius 1 is 0.697 bits per heavy atom. The molecule has 2 nitrogen and oxygen atoms in total. The van der Waals surface area contributed by atoms with Gasteiger partial charge in [0.25, 0.3) is 0 Å². The largest absolute Gasteiger partial charge is 0.396 e. The number of benzene rings is 4. The van der Waals surface area contributed by atoms with Crippen molar-refractivity contribution < 1.29 is 5.11 Å². The maximum atomic E-state index is 10.2. The Labute approximate surface area is 196 Å². The normalized spacial score (nSPS) is 15.5. The van der Waals surface area contributed by atoms with Gasteiger partial charge in [-0.15, -0.1) is 0 Å². The van der Waals surface area contributed by atoms with Crippen LogP contribution >= 0.6 is 0 Å². The molecule has 2 atom stereocenters. The maximum absolute atomic E-state index is 10.2. The molecule has 4 aromatic carbocycles. The molecular formula is C31H31NO. The van der Waals surface area contributed by atoms with Gasteiger partial charge in [0, 0.05) is 12.6 Å². The lowest BCUT2D eigenvalue weighted by Crippen LogP contribution is -2.51. The standard InChI is InChI=1S/C31H31NO/c1-23(22-33)30(21-20-24-12-4-2-5-13-24)32-31(25-14-6-3-7-15-25)28-18-10-8-16-26(28)27-17-9-11-19-29(27)31/h2-19,23,30,32-33H,20-22H2,1H3/t23-,30+/m1/s1. The first kappa shape index (κ1) is 21.6. The monoisotopic (exact) mass is 433 g/mol. The van der Waals surface area contributed by atoms with Crippen LogP contribution in [0.4, 0.5) is 0 Å². The van der Waals surface area contributed by atoms with E-state index in [4.69, 9.17) is 0 Å². The molecule has 33 heavy (non-hydrogen) atoms. The van der Waals surface area contributed by atoms with Crippen LogP contribution in [0, 0.1) is 5.92 Å². The van der Waals surface area contributed by atoms with Gasteiger partial charge in [0.05, 0.1) is 5.54 Å². The molecule has 0 unspecified atom stereocenters. The second-order valence-corrected chi connectivity index (χ2v) is 9.14. The lowest BCUT2D eigenvalue weighted by molar-refractivity contribution is 0.183. The highest BCUT2D eigenvalue weighted by atomic mass is 16.3. The molecule has 0 fully saturated rings. The Bertz CT molecular complexity index is 1160. The zero-order valence-electron chi connectivity index (χ0n) is 19.1. The second-order valence-electron chi connectivity index (χ2n) is 9.14. The lowest BCUT2D eigenvalue weighted by atomic mass is 9.78. The summed E-state index contributed by atoms with van der Waals surface area (Å²) in [4.78, 5) is 0. The van der Waals surface area contributed by atoms with E-state index in [1.54, 1.807) is 0 Å². The summed E-state index contributed by atoms with van der Waals surface area (Å²) >= 11 is 0. The molecule has 0 aliphatic heterocycles. The van der Waals surface area contributed by atoms with Crippen LogP contribution in [-0.4, -0.2) is 17.8 Å². The molecule has 0 saturated carbocycles. The Balaban J connectivity index is 1.63. The highest BCUT2D eigenvalue weighted by Gasteiger charge is 2.45. The van der Waals surface area contributed by atoms with Gasteiger partial charge < -0.3 is 5.11 Å². The van der Waals surface area contributed by atoms with Gasteiger partial charge in [-0.1, -0.05) is 116 Å². The van der Waals surface area contributed by atoms with Crippen molar-refractivity contribution in [3.63, 3.8) is 0 Å². The Kier molecular flexibility index (Phi) is 6.13. The van der Waals surface area contributed by atoms with Crippen LogP contribution in [-0.2, 0) is 12.0 Å². The smallest absolute Gasteiger partial charge is 0.0962 e. The van der Waals surface area contributed by atoms with Gasteiger partial charge in [-0.25, -0.2) is 0 Å². The molecule has 0 heterocycles. The molecule has 0 radical (unpaired) electrons. The molecule has 2 heteroatoms. The van der Waals surface area contributed by atoms with E-state index in [-0.39, 0.29) is 18.6 Å². The maximum Gasteiger partial charge on any atom is 0.0962 e. The van der Waals surface area contributed by atoms with Crippen molar-refractivity contribution >= 4 is 0 Å². The first-order valence-corrected chi connectivity index (χ1v) is 11.9. The van der Waals surface area contributed by atoms with Crippen LogP contribution in [0.3, 0.4) is 0 Å². The number of fused-ring (bicyclic) bond motifs is 3. The molecule has 1 aliphatic rings. The van der Waals surface area contributed by atoms with Crippen molar-refractivity contribution in [3.8, 4) is 11.1 Å². The third-order valence-corrected chi connectivity index (χ3v) is 7.12. The predicted octanol–water partition coefficient (Wildman–Crippen LogP) is 6.18. The summed E-state index contributed by atoms with van der Waals surface area (Å²) in [5.74, 6) is 0.120. The summed E-state index contributed by atoms with van der Waals surface area (Å²) in [7, 11) is 0. The summed E-state index contributed by atoms with van der Waals surface area (Å²) in [5, 5.41) is 14.3. The molecule has 0 spiro atoms. The van der Waals surface area contributed by atoms with Crippen LogP contribution < -0.4 is 5.32 Å². The Hall–Kier alpha value is -3.20. The first-order chi connectivity index (χ1) is 16.2. The van der Waals surface area contributed by atoms with Crippen LogP contribution in [0.2, 0.25) is 0 Å². The molecular weight excluding hydrogens is 402 g/mol. The number of rotatable bonds is 8. The van der Waals surface area contributed by atoms with Gasteiger partial charge in [0.15, 0.2) is 0 Å². The fraction of sp³-hybridized carbons (Fsp3) is 0.226. The third kappa shape index (κ3) is 3.90. The molecule has 0 saturated heterocycles. The van der Waals surface area contributed by atoms with Crippen LogP contribution in [0.5, 0.6) is 0 Å². The van der Waals surface area contributed by atoms with Crippen LogP contribution in [0.1, 0.15) is 35.6 Å². The highest BCUT2D eigenvalue weighted by Crippen LogP contribution is 2.51. The minimum atomic E-state index is -0.459. The molecule has 4 aromatic rings. The van der Waals surface area contributed by atoms with E-state index in [2.05, 4.69) is 121 Å². The molecule has 0 bridgehead atoms. The van der Waals surface area contributed by atoms with Crippen molar-refractivity contribution in [2.75, 3.05) is 6.61 Å². The Morgan fingerprint density at radius 2 is 1.21 bits per heavy atom. The van der Waals surface area contributed by atoms with E-state index in [0.29, 0.717) is 0 Å². The van der Waals surface area contributed by atoms with Crippen molar-refractivity contribution in [3.05, 3.63) is 131 Å².